The molecule has 0 bridgehead atoms. The number of likely N-dealkylation sites (tertiary alicyclic amines) is 1. The van der Waals surface area contributed by atoms with Gasteiger partial charge < -0.3 is 10.0 Å². The number of benzene rings is 1. The molecular weight excluding hydrogens is 233 g/mol. The first-order valence-electron chi connectivity index (χ1n) is 4.88. The van der Waals surface area contributed by atoms with Crippen LogP contribution in [-0.4, -0.2) is 30.1 Å². The highest BCUT2D eigenvalue weighted by molar-refractivity contribution is 6.35. The molecule has 0 spiro atoms. The monoisotopic (exact) mass is 245 g/mol. The number of aliphatic hydroxyl groups is 1. The lowest BCUT2D eigenvalue weighted by atomic mass is 9.93. The molecule has 1 aliphatic rings. The summed E-state index contributed by atoms with van der Waals surface area (Å²) in [5.41, 5.74) is -0.0471. The van der Waals surface area contributed by atoms with Crippen molar-refractivity contribution in [3.05, 3.63) is 33.8 Å². The molecule has 0 aliphatic carbocycles. The van der Waals surface area contributed by atoms with Crippen LogP contribution >= 0.6 is 23.2 Å². The van der Waals surface area contributed by atoms with E-state index in [1.54, 1.807) is 12.1 Å². The van der Waals surface area contributed by atoms with Crippen molar-refractivity contribution >= 4 is 23.2 Å². The Hall–Kier alpha value is -0.280. The smallest absolute Gasteiger partial charge is 0.105 e. The zero-order chi connectivity index (χ0) is 11.1. The van der Waals surface area contributed by atoms with Gasteiger partial charge in [-0.2, -0.15) is 0 Å². The molecule has 82 valence electrons. The zero-order valence-electron chi connectivity index (χ0n) is 8.50. The van der Waals surface area contributed by atoms with Crippen molar-refractivity contribution in [3.63, 3.8) is 0 Å². The van der Waals surface area contributed by atoms with Crippen LogP contribution in [0.25, 0.3) is 0 Å². The van der Waals surface area contributed by atoms with Crippen LogP contribution in [0.15, 0.2) is 18.2 Å². The van der Waals surface area contributed by atoms with Crippen molar-refractivity contribution < 1.29 is 5.11 Å². The average molecular weight is 246 g/mol. The quantitative estimate of drug-likeness (QED) is 0.823. The second-order valence-corrected chi connectivity index (χ2v) is 4.99. The van der Waals surface area contributed by atoms with Gasteiger partial charge >= 0.3 is 0 Å². The highest BCUT2D eigenvalue weighted by atomic mass is 35.5. The Morgan fingerprint density at radius 1 is 1.40 bits per heavy atom. The summed E-state index contributed by atoms with van der Waals surface area (Å²) in [5, 5.41) is 11.6. The van der Waals surface area contributed by atoms with E-state index in [2.05, 4.69) is 4.90 Å². The summed E-state index contributed by atoms with van der Waals surface area (Å²) in [4.78, 5) is 2.09. The summed E-state index contributed by atoms with van der Waals surface area (Å²) >= 11 is 11.9. The minimum atomic E-state index is -0.823. The highest BCUT2D eigenvalue weighted by Crippen LogP contribution is 2.36. The lowest BCUT2D eigenvalue weighted by Crippen LogP contribution is -2.29. The fraction of sp³-hybridized carbons (Fsp3) is 0.455. The Balaban J connectivity index is 2.37. The van der Waals surface area contributed by atoms with Crippen molar-refractivity contribution in [3.8, 4) is 0 Å². The van der Waals surface area contributed by atoms with E-state index in [0.29, 0.717) is 23.0 Å². The molecule has 1 aliphatic heterocycles. The van der Waals surface area contributed by atoms with Crippen molar-refractivity contribution in [2.45, 2.75) is 12.0 Å². The van der Waals surface area contributed by atoms with Gasteiger partial charge in [0.2, 0.25) is 0 Å². The summed E-state index contributed by atoms with van der Waals surface area (Å²) in [5.74, 6) is 0. The third-order valence-electron chi connectivity index (χ3n) is 2.87. The molecule has 1 fully saturated rings. The topological polar surface area (TPSA) is 23.5 Å². The van der Waals surface area contributed by atoms with Crippen LogP contribution in [0.3, 0.4) is 0 Å². The summed E-state index contributed by atoms with van der Waals surface area (Å²) < 4.78 is 0. The number of likely N-dealkylation sites (N-methyl/N-ethyl adjacent to an activating group) is 1. The normalized spacial score (nSPS) is 27.2. The summed E-state index contributed by atoms with van der Waals surface area (Å²) in [7, 11) is 1.99. The van der Waals surface area contributed by atoms with Crippen LogP contribution in [0.5, 0.6) is 0 Å². The van der Waals surface area contributed by atoms with Crippen LogP contribution in [0.1, 0.15) is 12.0 Å². The molecule has 0 radical (unpaired) electrons. The number of hydrogen-bond donors (Lipinski definition) is 1. The third-order valence-corrected chi connectivity index (χ3v) is 3.42. The van der Waals surface area contributed by atoms with E-state index in [-0.39, 0.29) is 0 Å². The maximum absolute atomic E-state index is 10.4. The maximum Gasteiger partial charge on any atom is 0.105 e. The molecule has 1 aromatic rings. The van der Waals surface area contributed by atoms with Gasteiger partial charge in [0, 0.05) is 28.7 Å². The van der Waals surface area contributed by atoms with Gasteiger partial charge in [-0.15, -0.1) is 0 Å². The lowest BCUT2D eigenvalue weighted by Gasteiger charge is -2.24. The van der Waals surface area contributed by atoms with Crippen molar-refractivity contribution in [1.82, 2.24) is 4.90 Å². The molecule has 0 aromatic heterocycles. The van der Waals surface area contributed by atoms with Gasteiger partial charge in [0.25, 0.3) is 0 Å². The van der Waals surface area contributed by atoms with Gasteiger partial charge in [0.15, 0.2) is 0 Å². The molecule has 4 heteroatoms. The number of hydrogen-bond acceptors (Lipinski definition) is 2. The molecule has 0 amide bonds. The summed E-state index contributed by atoms with van der Waals surface area (Å²) in [6, 6.07) is 5.25. The Kier molecular flexibility index (Phi) is 2.95. The maximum atomic E-state index is 10.4. The molecule has 1 unspecified atom stereocenters. The van der Waals surface area contributed by atoms with Gasteiger partial charge in [-0.05, 0) is 25.6 Å². The molecule has 1 saturated heterocycles. The van der Waals surface area contributed by atoms with E-state index in [9.17, 15) is 5.11 Å². The molecule has 1 heterocycles. The van der Waals surface area contributed by atoms with E-state index < -0.39 is 5.60 Å². The van der Waals surface area contributed by atoms with Crippen molar-refractivity contribution in [1.29, 1.82) is 0 Å². The molecule has 1 aromatic carbocycles. The Morgan fingerprint density at radius 3 is 2.67 bits per heavy atom. The lowest BCUT2D eigenvalue weighted by molar-refractivity contribution is 0.0490. The van der Waals surface area contributed by atoms with Crippen molar-refractivity contribution in [2.75, 3.05) is 20.1 Å². The van der Waals surface area contributed by atoms with Gasteiger partial charge in [-0.3, -0.25) is 0 Å². The summed E-state index contributed by atoms with van der Waals surface area (Å²) in [6.07, 6.45) is 0.713. The molecule has 2 rings (SSSR count). The first-order chi connectivity index (χ1) is 7.01. The second-order valence-electron chi connectivity index (χ2n) is 4.14. The van der Waals surface area contributed by atoms with E-state index in [1.165, 1.54) is 0 Å². The molecular formula is C11H13Cl2NO. The number of rotatable bonds is 1. The predicted molar refractivity (Wildman–Crippen MR) is 62.5 cm³/mol. The van der Waals surface area contributed by atoms with Crippen LogP contribution in [-0.2, 0) is 5.60 Å². The Bertz CT molecular complexity index is 383. The van der Waals surface area contributed by atoms with E-state index in [0.717, 1.165) is 12.1 Å². The van der Waals surface area contributed by atoms with Gasteiger partial charge in [0.05, 0.1) is 0 Å². The van der Waals surface area contributed by atoms with Crippen LogP contribution in [0.2, 0.25) is 10.0 Å². The number of halogens is 2. The standard InChI is InChI=1S/C11H13Cl2NO/c1-14-5-4-11(15,7-14)9-3-2-8(12)6-10(9)13/h2-3,6,15H,4-5,7H2,1H3. The van der Waals surface area contributed by atoms with Gasteiger partial charge in [-0.1, -0.05) is 29.3 Å². The zero-order valence-corrected chi connectivity index (χ0v) is 10.0. The molecule has 2 nitrogen and oxygen atoms in total. The molecule has 1 N–H and O–H groups in total. The summed E-state index contributed by atoms with van der Waals surface area (Å²) in [6.45, 7) is 1.50. The van der Waals surface area contributed by atoms with E-state index >= 15 is 0 Å². The Morgan fingerprint density at radius 2 is 2.13 bits per heavy atom. The van der Waals surface area contributed by atoms with Crippen LogP contribution in [0.4, 0.5) is 0 Å². The largest absolute Gasteiger partial charge is 0.384 e. The van der Waals surface area contributed by atoms with Crippen LogP contribution < -0.4 is 0 Å². The third kappa shape index (κ3) is 2.13. The van der Waals surface area contributed by atoms with Crippen molar-refractivity contribution in [2.24, 2.45) is 0 Å². The fourth-order valence-electron chi connectivity index (χ4n) is 2.07. The number of nitrogens with zero attached hydrogens (tertiary/aromatic N) is 1. The molecule has 0 saturated carbocycles. The fourth-order valence-corrected chi connectivity index (χ4v) is 2.65. The minimum absolute atomic E-state index is 0.542. The average Bonchev–Trinajstić information content (AvgIpc) is 2.46. The van der Waals surface area contributed by atoms with E-state index in [4.69, 9.17) is 23.2 Å². The number of β-amino-alcohol motifs (C(OH)–C–C–N with tert-alkyl or cyclic N) is 1. The second kappa shape index (κ2) is 3.95. The molecule has 1 atom stereocenters. The Labute approximate surface area is 99.4 Å². The minimum Gasteiger partial charge on any atom is -0.384 e. The molecule has 15 heavy (non-hydrogen) atoms. The van der Waals surface area contributed by atoms with E-state index in [1.807, 2.05) is 13.1 Å². The van der Waals surface area contributed by atoms with Gasteiger partial charge in [0.1, 0.15) is 5.60 Å². The highest BCUT2D eigenvalue weighted by Gasteiger charge is 2.37. The SMILES string of the molecule is CN1CCC(O)(c2ccc(Cl)cc2Cl)C1. The first-order valence-corrected chi connectivity index (χ1v) is 5.63. The van der Waals surface area contributed by atoms with Gasteiger partial charge in [-0.25, -0.2) is 0 Å². The van der Waals surface area contributed by atoms with Crippen LogP contribution in [0, 0.1) is 0 Å². The predicted octanol–water partition coefficient (Wildman–Crippen LogP) is 2.52. The first kappa shape index (κ1) is 11.2.